The van der Waals surface area contributed by atoms with Gasteiger partial charge in [0.1, 0.15) is 37.9 Å². The third kappa shape index (κ3) is 12.8. The lowest BCUT2D eigenvalue weighted by Gasteiger charge is -2.12. The Labute approximate surface area is 235 Å². The van der Waals surface area contributed by atoms with Gasteiger partial charge in [0.2, 0.25) is 10.0 Å². The summed E-state index contributed by atoms with van der Waals surface area (Å²) in [7, 11) is -3.48. The summed E-state index contributed by atoms with van der Waals surface area (Å²) < 4.78 is 46.7. The zero-order chi connectivity index (χ0) is 30.0. The maximum Gasteiger partial charge on any atom is 0.338 e. The van der Waals surface area contributed by atoms with E-state index in [0.717, 1.165) is 0 Å². The van der Waals surface area contributed by atoms with Crippen molar-refractivity contribution in [1.82, 2.24) is 0 Å². The van der Waals surface area contributed by atoms with E-state index in [2.05, 4.69) is 31.0 Å². The molecule has 0 saturated heterocycles. The largest absolute Gasteiger partial charge is 0.489 e. The summed E-state index contributed by atoms with van der Waals surface area (Å²) >= 11 is 0. The average molecular weight is 573 g/mol. The normalized spacial score (nSPS) is 10.1. The lowest BCUT2D eigenvalue weighted by atomic mass is 10.2. The number of esters is 2. The monoisotopic (exact) mass is 572 g/mol. The number of hydrogen-bond acceptors (Lipinski definition) is 9. The van der Waals surface area contributed by atoms with E-state index in [4.69, 9.17) is 24.7 Å². The van der Waals surface area contributed by atoms with Crippen LogP contribution in [0, 0.1) is 0 Å². The Morgan fingerprint density at radius 3 is 1.73 bits per heavy atom. The fourth-order valence-corrected chi connectivity index (χ4v) is 4.04. The molecule has 2 aromatic carbocycles. The van der Waals surface area contributed by atoms with Crippen molar-refractivity contribution in [2.24, 2.45) is 0 Å². The lowest BCUT2D eigenvalue weighted by Crippen LogP contribution is -2.16. The van der Waals surface area contributed by atoms with Gasteiger partial charge in [-0.05, 0) is 30.7 Å². The number of nitrogens with two attached hydrogens (primary N) is 1. The van der Waals surface area contributed by atoms with Gasteiger partial charge in [-0.1, -0.05) is 57.5 Å². The molecule has 0 heterocycles. The summed E-state index contributed by atoms with van der Waals surface area (Å²) in [5.74, 6) is -0.214. The van der Waals surface area contributed by atoms with Crippen LogP contribution in [0.2, 0.25) is 0 Å². The highest BCUT2D eigenvalue weighted by molar-refractivity contribution is 7.92. The molecule has 0 fully saturated rings. The van der Waals surface area contributed by atoms with Gasteiger partial charge >= 0.3 is 11.9 Å². The zero-order valence-electron chi connectivity index (χ0n) is 22.6. The minimum Gasteiger partial charge on any atom is -0.489 e. The molecular formula is C29H36N2O8S. The fraction of sp³-hybridized carbons (Fsp3) is 0.241. The first-order valence-corrected chi connectivity index (χ1v) is 13.8. The molecule has 10 nitrogen and oxygen atoms in total. The van der Waals surface area contributed by atoms with Crippen LogP contribution in [0.15, 0.2) is 87.0 Å². The number of nitrogens with one attached hydrogen (secondary N) is 1. The van der Waals surface area contributed by atoms with Crippen LogP contribution >= 0.6 is 0 Å². The van der Waals surface area contributed by atoms with Gasteiger partial charge in [-0.3, -0.25) is 4.72 Å². The molecule has 0 saturated carbocycles. The molecule has 0 amide bonds. The van der Waals surface area contributed by atoms with Crippen molar-refractivity contribution in [1.29, 1.82) is 0 Å². The lowest BCUT2D eigenvalue weighted by molar-refractivity contribution is 0.0540. The number of carbonyl (C=O) groups is 2. The Hall–Kier alpha value is -4.51. The van der Waals surface area contributed by atoms with E-state index in [1.54, 1.807) is 31.2 Å². The smallest absolute Gasteiger partial charge is 0.338 e. The Balaban J connectivity index is 0.000000418. The standard InChI is InChI=1S/C16H21NO5S.C13H15NO3/c1-4-7-21-15-11-13(16(18)22-8-5-2)10-14(12-15)17-23(19,20)9-6-3;1-3-5-16-12-8-10(7-11(14)9-12)13(15)17-6-4-2/h4-5,10-12,17H,1-2,6-9H2,3H3;3-4,7-9H,1-2,5-6,14H2. The Morgan fingerprint density at radius 2 is 1.25 bits per heavy atom. The van der Waals surface area contributed by atoms with Crippen LogP contribution in [-0.4, -0.2) is 52.5 Å². The van der Waals surface area contributed by atoms with Crippen LogP contribution < -0.4 is 19.9 Å². The topological polar surface area (TPSA) is 143 Å². The Bertz CT molecular complexity index is 1290. The number of rotatable bonds is 16. The van der Waals surface area contributed by atoms with E-state index in [1.807, 2.05) is 0 Å². The number of anilines is 2. The predicted molar refractivity (Wildman–Crippen MR) is 157 cm³/mol. The number of carbonyl (C=O) groups excluding carboxylic acids is 2. The molecule has 0 atom stereocenters. The summed E-state index contributed by atoms with van der Waals surface area (Å²) in [4.78, 5) is 23.5. The van der Waals surface area contributed by atoms with E-state index in [9.17, 15) is 18.0 Å². The third-order valence-electron chi connectivity index (χ3n) is 4.45. The molecule has 0 aliphatic carbocycles. The number of hydrogen-bond donors (Lipinski definition) is 2. The number of ether oxygens (including phenoxy) is 4. The van der Waals surface area contributed by atoms with Crippen molar-refractivity contribution in [3.8, 4) is 11.5 Å². The van der Waals surface area contributed by atoms with Gasteiger partial charge in [-0.25, -0.2) is 18.0 Å². The van der Waals surface area contributed by atoms with Crippen molar-refractivity contribution in [2.75, 3.05) is 42.6 Å². The first-order valence-electron chi connectivity index (χ1n) is 12.2. The molecule has 3 N–H and O–H groups in total. The van der Waals surface area contributed by atoms with Crippen LogP contribution in [0.5, 0.6) is 11.5 Å². The van der Waals surface area contributed by atoms with Crippen LogP contribution in [0.1, 0.15) is 34.1 Å². The first kappa shape index (κ1) is 33.5. The van der Waals surface area contributed by atoms with E-state index in [-0.39, 0.29) is 36.8 Å². The zero-order valence-corrected chi connectivity index (χ0v) is 23.4. The van der Waals surface area contributed by atoms with E-state index in [1.165, 1.54) is 36.4 Å². The van der Waals surface area contributed by atoms with Crippen LogP contribution in [0.25, 0.3) is 0 Å². The van der Waals surface area contributed by atoms with Crippen molar-refractivity contribution in [2.45, 2.75) is 13.3 Å². The first-order chi connectivity index (χ1) is 19.1. The molecule has 2 aromatic rings. The van der Waals surface area contributed by atoms with Crippen molar-refractivity contribution < 1.29 is 37.0 Å². The maximum absolute atomic E-state index is 12.0. The summed E-state index contributed by atoms with van der Waals surface area (Å²) in [6, 6.07) is 9.12. The quantitative estimate of drug-likeness (QED) is 0.163. The summed E-state index contributed by atoms with van der Waals surface area (Å²) in [5, 5.41) is 0. The highest BCUT2D eigenvalue weighted by atomic mass is 32.2. The van der Waals surface area contributed by atoms with Crippen LogP contribution in [0.4, 0.5) is 11.4 Å². The molecule has 0 spiro atoms. The maximum atomic E-state index is 12.0. The van der Waals surface area contributed by atoms with Crippen molar-refractivity contribution in [3.63, 3.8) is 0 Å². The summed E-state index contributed by atoms with van der Waals surface area (Å²) in [6.07, 6.45) is 6.58. The van der Waals surface area contributed by atoms with Gasteiger partial charge in [0.25, 0.3) is 0 Å². The highest BCUT2D eigenvalue weighted by Crippen LogP contribution is 2.23. The number of sulfonamides is 1. The molecule has 0 aromatic heterocycles. The summed E-state index contributed by atoms with van der Waals surface area (Å²) in [5.41, 5.74) is 6.88. The van der Waals surface area contributed by atoms with Crippen LogP contribution in [-0.2, 0) is 19.5 Å². The van der Waals surface area contributed by atoms with E-state index in [0.29, 0.717) is 35.8 Å². The SMILES string of the molecule is C=CCOC(=O)c1cc(N)cc(OCC=C)c1.C=CCOC(=O)c1cc(NS(=O)(=O)CCC)cc(OCC=C)c1. The minimum atomic E-state index is -3.48. The van der Waals surface area contributed by atoms with E-state index < -0.39 is 22.0 Å². The second-order valence-electron chi connectivity index (χ2n) is 7.93. The molecule has 11 heteroatoms. The van der Waals surface area contributed by atoms with Crippen molar-refractivity contribution in [3.05, 3.63) is 98.1 Å². The number of benzene rings is 2. The van der Waals surface area contributed by atoms with Gasteiger partial charge in [0.05, 0.1) is 22.6 Å². The molecule has 0 bridgehead atoms. The molecule has 0 aliphatic heterocycles. The summed E-state index contributed by atoms with van der Waals surface area (Å²) in [6.45, 7) is 16.6. The molecule has 2 rings (SSSR count). The molecule has 216 valence electrons. The van der Waals surface area contributed by atoms with Gasteiger partial charge in [-0.2, -0.15) is 0 Å². The molecular weight excluding hydrogens is 536 g/mol. The van der Waals surface area contributed by atoms with Gasteiger partial charge in [-0.15, -0.1) is 0 Å². The minimum absolute atomic E-state index is 0.0129. The van der Waals surface area contributed by atoms with Gasteiger partial charge < -0.3 is 24.7 Å². The van der Waals surface area contributed by atoms with Gasteiger partial charge in [0.15, 0.2) is 0 Å². The number of nitrogen functional groups attached to an aromatic ring is 1. The molecule has 0 radical (unpaired) electrons. The molecule has 0 aliphatic rings. The van der Waals surface area contributed by atoms with Crippen LogP contribution in [0.3, 0.4) is 0 Å². The Kier molecular flexibility index (Phi) is 15.0. The predicted octanol–water partition coefficient (Wildman–Crippen LogP) is 4.92. The third-order valence-corrected chi connectivity index (χ3v) is 5.95. The second kappa shape index (κ2) is 17.9. The van der Waals surface area contributed by atoms with Crippen molar-refractivity contribution >= 4 is 33.3 Å². The van der Waals surface area contributed by atoms with E-state index >= 15 is 0 Å². The molecule has 0 unspecified atom stereocenters. The molecule has 40 heavy (non-hydrogen) atoms. The Morgan fingerprint density at radius 1 is 0.775 bits per heavy atom. The second-order valence-corrected chi connectivity index (χ2v) is 9.77. The average Bonchev–Trinajstić information content (AvgIpc) is 2.91. The fourth-order valence-electron chi connectivity index (χ4n) is 2.93. The van der Waals surface area contributed by atoms with Gasteiger partial charge in [0, 0.05) is 17.8 Å². The highest BCUT2D eigenvalue weighted by Gasteiger charge is 2.15.